The molecule has 5 aliphatic rings. The number of anilines is 2. The molecule has 4 fully saturated rings. The van der Waals surface area contributed by atoms with Gasteiger partial charge in [0.2, 0.25) is 6.79 Å². The molecule has 11 rings (SSSR count). The second-order valence-electron chi connectivity index (χ2n) is 22.2. The van der Waals surface area contributed by atoms with Crippen LogP contribution in [0, 0.1) is 33.1 Å². The molecule has 5 heterocycles. The maximum absolute atomic E-state index is 14.9. The van der Waals surface area contributed by atoms with Crippen molar-refractivity contribution in [2.24, 2.45) is 11.3 Å². The number of aromatic nitrogens is 2. The van der Waals surface area contributed by atoms with Gasteiger partial charge in [0.25, 0.3) is 21.6 Å². The van der Waals surface area contributed by atoms with Crippen LogP contribution in [-0.4, -0.2) is 102 Å². The zero-order valence-electron chi connectivity index (χ0n) is 43.4. The van der Waals surface area contributed by atoms with Gasteiger partial charge in [0.15, 0.2) is 17.2 Å². The van der Waals surface area contributed by atoms with E-state index < -0.39 is 55.5 Å². The first-order valence-corrected chi connectivity index (χ1v) is 28.1. The number of rotatable bonds is 15. The number of hydrogen-bond donors (Lipinski definition) is 4. The summed E-state index contributed by atoms with van der Waals surface area (Å²) in [5, 5.41) is 26.8. The predicted octanol–water partition coefficient (Wildman–Crippen LogP) is 10.2. The van der Waals surface area contributed by atoms with E-state index in [9.17, 15) is 37.2 Å². The maximum atomic E-state index is 14.9. The van der Waals surface area contributed by atoms with Crippen LogP contribution in [0.4, 0.5) is 25.8 Å². The van der Waals surface area contributed by atoms with E-state index in [2.05, 4.69) is 72.8 Å². The number of pyridine rings is 1. The van der Waals surface area contributed by atoms with Crippen LogP contribution in [-0.2, 0) is 16.6 Å². The summed E-state index contributed by atoms with van der Waals surface area (Å²) >= 11 is 0. The lowest BCUT2D eigenvalue weighted by molar-refractivity contribution is -0.384. The molecule has 77 heavy (non-hydrogen) atoms. The molecular weight excluding hydrogens is 1010 g/mol. The summed E-state index contributed by atoms with van der Waals surface area (Å²) in [5.74, 6) is -1.73. The van der Waals surface area contributed by atoms with Gasteiger partial charge >= 0.3 is 0 Å². The van der Waals surface area contributed by atoms with Crippen molar-refractivity contribution in [2.45, 2.75) is 107 Å². The van der Waals surface area contributed by atoms with Gasteiger partial charge in [-0.3, -0.25) is 24.7 Å². The van der Waals surface area contributed by atoms with Gasteiger partial charge in [0.1, 0.15) is 33.7 Å². The number of nitrogens with one attached hydrogen (secondary N) is 3. The smallest absolute Gasteiger partial charge is 0.297 e. The lowest BCUT2D eigenvalue weighted by Crippen LogP contribution is -2.60. The van der Waals surface area contributed by atoms with Crippen molar-refractivity contribution < 1.29 is 46.2 Å². The van der Waals surface area contributed by atoms with Gasteiger partial charge in [0, 0.05) is 92.9 Å². The minimum absolute atomic E-state index is 0.0328. The second kappa shape index (κ2) is 20.8. The number of carbonyl (C=O) groups is 1. The van der Waals surface area contributed by atoms with E-state index in [0.29, 0.717) is 68.7 Å². The van der Waals surface area contributed by atoms with Gasteiger partial charge in [-0.2, -0.15) is 0 Å². The van der Waals surface area contributed by atoms with Gasteiger partial charge in [-0.1, -0.05) is 44.2 Å². The van der Waals surface area contributed by atoms with Crippen molar-refractivity contribution in [1.29, 1.82) is 0 Å². The molecule has 2 saturated carbocycles. The third-order valence-corrected chi connectivity index (χ3v) is 18.1. The molecule has 2 aliphatic carbocycles. The molecule has 20 heteroatoms. The Balaban J connectivity index is 0.806. The Bertz CT molecular complexity index is 3310. The Labute approximate surface area is 446 Å². The van der Waals surface area contributed by atoms with Crippen LogP contribution >= 0.6 is 0 Å². The number of nitrogens with zero attached hydrogens (tertiary/aromatic N) is 5. The van der Waals surface area contributed by atoms with Crippen LogP contribution in [0.1, 0.15) is 111 Å². The summed E-state index contributed by atoms with van der Waals surface area (Å²) in [6.45, 7) is 9.88. The van der Waals surface area contributed by atoms with Gasteiger partial charge < -0.3 is 34.5 Å². The summed E-state index contributed by atoms with van der Waals surface area (Å²) in [7, 11) is -4.84. The second-order valence-corrected chi connectivity index (χ2v) is 23.9. The first-order valence-electron chi connectivity index (χ1n) is 26.6. The molecule has 1 amide bonds. The van der Waals surface area contributed by atoms with E-state index in [1.54, 1.807) is 31.3 Å². The van der Waals surface area contributed by atoms with Gasteiger partial charge in [-0.15, -0.1) is 0 Å². The number of amides is 1. The molecule has 4 N–H and O–H groups in total. The first-order chi connectivity index (χ1) is 36.9. The number of hydrogen-bond acceptors (Lipinski definition) is 14. The third-order valence-electron chi connectivity index (χ3n) is 16.8. The third kappa shape index (κ3) is 10.6. The van der Waals surface area contributed by atoms with Gasteiger partial charge in [-0.05, 0) is 123 Å². The predicted molar refractivity (Wildman–Crippen MR) is 286 cm³/mol. The number of sulfonamides is 1. The van der Waals surface area contributed by atoms with Crippen molar-refractivity contribution in [3.05, 3.63) is 135 Å². The molecule has 406 valence electrons. The van der Waals surface area contributed by atoms with Crippen molar-refractivity contribution in [3.63, 3.8) is 0 Å². The number of aromatic amines is 1. The highest BCUT2D eigenvalue weighted by atomic mass is 32.2. The standard InChI is InChI=1S/C57H64F2N8O9S/c1-35(2)41-7-4-5-8-42(41)48-33-64(32-44-45(58)9-6-10-46(44)59)23-24-66(48)39-28-57(29-39)18-21-65(22-19-57)38-11-12-43(49(26-38)76-40-25-37-15-20-60-54(37)62-31-40)55(68)63-77(72,73)50-27-47(67(70)71)51(53-52(50)74-34-75-53)61-30-36-13-16-56(3,69)17-14-36/h4-12,15,20,25-27,31,35-36,39,48,61,69H,13-14,16-19,21-24,28-30,32-34H2,1-3H3,(H,60,62)(H,63,68)/t36?,48-,56?/m0/s1. The number of benzene rings is 4. The summed E-state index contributed by atoms with van der Waals surface area (Å²) in [5.41, 5.74) is 2.68. The summed E-state index contributed by atoms with van der Waals surface area (Å²) in [6.07, 6.45) is 9.68. The van der Waals surface area contributed by atoms with Crippen LogP contribution in [0.3, 0.4) is 0 Å². The van der Waals surface area contributed by atoms with Crippen LogP contribution in [0.5, 0.6) is 23.0 Å². The number of piperidine rings is 1. The largest absolute Gasteiger partial charge is 0.455 e. The molecule has 3 aliphatic heterocycles. The van der Waals surface area contributed by atoms with Crippen molar-refractivity contribution in [3.8, 4) is 23.0 Å². The average molecular weight is 1080 g/mol. The molecule has 1 atom stereocenters. The Kier molecular flexibility index (Phi) is 14.1. The lowest BCUT2D eigenvalue weighted by Gasteiger charge is -2.58. The summed E-state index contributed by atoms with van der Waals surface area (Å²) < 4.78 is 78.1. The highest BCUT2D eigenvalue weighted by molar-refractivity contribution is 7.90. The molecule has 2 saturated heterocycles. The van der Waals surface area contributed by atoms with Crippen molar-refractivity contribution >= 4 is 44.0 Å². The van der Waals surface area contributed by atoms with Gasteiger partial charge in [0.05, 0.1) is 22.3 Å². The molecular formula is C57H64F2N8O9S. The molecule has 2 aromatic heterocycles. The van der Waals surface area contributed by atoms with Crippen LogP contribution in [0.15, 0.2) is 96.2 Å². The average Bonchev–Trinajstić information content (AvgIpc) is 4.09. The first kappa shape index (κ1) is 52.2. The van der Waals surface area contributed by atoms with Crippen LogP contribution in [0.25, 0.3) is 11.0 Å². The van der Waals surface area contributed by atoms with E-state index in [4.69, 9.17) is 14.2 Å². The fraction of sp³-hybridized carbons (Fsp3) is 0.439. The topological polar surface area (TPSA) is 205 Å². The lowest BCUT2D eigenvalue weighted by atomic mass is 9.59. The number of nitro benzene ring substituents is 1. The van der Waals surface area contributed by atoms with Crippen molar-refractivity contribution in [2.75, 3.05) is 56.3 Å². The zero-order valence-corrected chi connectivity index (χ0v) is 44.2. The van der Waals surface area contributed by atoms with E-state index in [1.807, 2.05) is 6.07 Å². The zero-order chi connectivity index (χ0) is 53.8. The van der Waals surface area contributed by atoms with E-state index in [1.165, 1.54) is 41.6 Å². The van der Waals surface area contributed by atoms with Crippen molar-refractivity contribution in [1.82, 2.24) is 24.5 Å². The Morgan fingerprint density at radius 2 is 1.70 bits per heavy atom. The number of carbonyl (C=O) groups excluding carboxylic acids is 1. The Hall–Kier alpha value is -6.87. The quantitative estimate of drug-likeness (QED) is 0.0558. The van der Waals surface area contributed by atoms with E-state index in [-0.39, 0.29) is 58.0 Å². The Morgan fingerprint density at radius 3 is 2.44 bits per heavy atom. The number of nitro groups is 1. The molecule has 0 bridgehead atoms. The number of aliphatic hydroxyl groups is 1. The number of ether oxygens (including phenoxy) is 3. The molecule has 17 nitrogen and oxygen atoms in total. The summed E-state index contributed by atoms with van der Waals surface area (Å²) in [4.78, 5) is 40.1. The fourth-order valence-electron chi connectivity index (χ4n) is 12.4. The number of piperazine rings is 1. The SMILES string of the molecule is CC(C)c1ccccc1[C@@H]1CN(Cc2c(F)cccc2F)CCN1C1CC2(CCN(c3ccc(C(=O)NS(=O)(=O)c4cc([N+](=O)[O-])c(NCC5CCC(C)(O)CC5)c5c4OCO5)c(Oc4cnc5[nH]ccc5c4)c3)CC2)C1. The van der Waals surface area contributed by atoms with Crippen LogP contribution < -0.4 is 29.1 Å². The van der Waals surface area contributed by atoms with Gasteiger partial charge in [-0.25, -0.2) is 26.9 Å². The molecule has 4 aromatic carbocycles. The number of halogens is 2. The monoisotopic (exact) mass is 1070 g/mol. The minimum Gasteiger partial charge on any atom is -0.455 e. The fourth-order valence-corrected chi connectivity index (χ4v) is 13.5. The molecule has 1 spiro atoms. The molecule has 0 unspecified atom stereocenters. The number of fused-ring (bicyclic) bond motifs is 2. The number of H-pyrrole nitrogens is 1. The summed E-state index contributed by atoms with van der Waals surface area (Å²) in [6, 6.07) is 22.5. The minimum atomic E-state index is -4.84. The van der Waals surface area contributed by atoms with E-state index in [0.717, 1.165) is 62.5 Å². The highest BCUT2D eigenvalue weighted by Gasteiger charge is 2.50. The van der Waals surface area contributed by atoms with Crippen LogP contribution in [0.2, 0.25) is 0 Å². The maximum Gasteiger partial charge on any atom is 0.297 e. The highest BCUT2D eigenvalue weighted by Crippen LogP contribution is 2.54. The Morgan fingerprint density at radius 1 is 0.961 bits per heavy atom. The van der Waals surface area contributed by atoms with E-state index >= 15 is 0 Å². The normalized spacial score (nSPS) is 21.8. The molecule has 0 radical (unpaired) electrons. The molecule has 6 aromatic rings.